The molecule has 116 valence electrons. The lowest BCUT2D eigenvalue weighted by Gasteiger charge is -2.09. The first-order valence-corrected chi connectivity index (χ1v) is 7.23. The van der Waals surface area contributed by atoms with E-state index in [1.165, 1.54) is 30.5 Å². The molecular weight excluding hydrogens is 355 g/mol. The van der Waals surface area contributed by atoms with Gasteiger partial charge in [0.15, 0.2) is 0 Å². The normalized spacial score (nSPS) is 10.3. The summed E-state index contributed by atoms with van der Waals surface area (Å²) in [4.78, 5) is 16.2. The highest BCUT2D eigenvalue weighted by Gasteiger charge is 2.10. The lowest BCUT2D eigenvalue weighted by molar-refractivity contribution is 0.102. The highest BCUT2D eigenvalue weighted by molar-refractivity contribution is 9.10. The predicted molar refractivity (Wildman–Crippen MR) is 83.7 cm³/mol. The topological polar surface area (TPSA) is 60.5 Å². The van der Waals surface area contributed by atoms with E-state index in [2.05, 4.69) is 26.2 Å². The molecule has 0 aliphatic rings. The number of nitrogens with zero attached hydrogens (tertiary/aromatic N) is 1. The SMILES string of the molecule is COCCOc1cc(C(=O)Nc2ccc(F)cc2Br)ccn1. The third-order valence-electron chi connectivity index (χ3n) is 2.71. The molecule has 0 atom stereocenters. The monoisotopic (exact) mass is 368 g/mol. The second kappa shape index (κ2) is 7.86. The second-order valence-corrected chi connectivity index (χ2v) is 5.16. The fourth-order valence-electron chi connectivity index (χ4n) is 1.64. The van der Waals surface area contributed by atoms with Crippen molar-refractivity contribution in [3.05, 3.63) is 52.4 Å². The van der Waals surface area contributed by atoms with Crippen LogP contribution in [0.25, 0.3) is 0 Å². The lowest BCUT2D eigenvalue weighted by Crippen LogP contribution is -2.13. The maximum atomic E-state index is 13.0. The van der Waals surface area contributed by atoms with Crippen LogP contribution in [-0.4, -0.2) is 31.2 Å². The molecule has 5 nitrogen and oxygen atoms in total. The van der Waals surface area contributed by atoms with Gasteiger partial charge in [-0.2, -0.15) is 0 Å². The molecule has 0 unspecified atom stereocenters. The minimum atomic E-state index is -0.386. The van der Waals surface area contributed by atoms with Crippen LogP contribution in [-0.2, 0) is 4.74 Å². The standard InChI is InChI=1S/C15H14BrFN2O3/c1-21-6-7-22-14-8-10(4-5-18-14)15(20)19-13-3-2-11(17)9-12(13)16/h2-5,8-9H,6-7H2,1H3,(H,19,20). The quantitative estimate of drug-likeness (QED) is 0.795. The van der Waals surface area contributed by atoms with Crippen LogP contribution in [0.5, 0.6) is 5.88 Å². The molecular formula is C15H14BrFN2O3. The number of carbonyl (C=O) groups excluding carboxylic acids is 1. The van der Waals surface area contributed by atoms with Gasteiger partial charge in [0.2, 0.25) is 5.88 Å². The average Bonchev–Trinajstić information content (AvgIpc) is 2.50. The number of anilines is 1. The Morgan fingerprint density at radius 1 is 1.32 bits per heavy atom. The minimum absolute atomic E-state index is 0.336. The van der Waals surface area contributed by atoms with Crippen LogP contribution in [0, 0.1) is 5.82 Å². The number of methoxy groups -OCH3 is 1. The Balaban J connectivity index is 2.07. The highest BCUT2D eigenvalue weighted by Crippen LogP contribution is 2.23. The lowest BCUT2D eigenvalue weighted by atomic mass is 10.2. The Morgan fingerprint density at radius 2 is 2.14 bits per heavy atom. The maximum Gasteiger partial charge on any atom is 0.255 e. The van der Waals surface area contributed by atoms with Gasteiger partial charge in [-0.1, -0.05) is 0 Å². The number of pyridine rings is 1. The average molecular weight is 369 g/mol. The molecule has 0 fully saturated rings. The second-order valence-electron chi connectivity index (χ2n) is 4.30. The first-order chi connectivity index (χ1) is 10.6. The fraction of sp³-hybridized carbons (Fsp3) is 0.200. The molecule has 0 spiro atoms. The summed E-state index contributed by atoms with van der Waals surface area (Å²) < 4.78 is 23.7. The maximum absolute atomic E-state index is 13.0. The molecule has 2 rings (SSSR count). The third-order valence-corrected chi connectivity index (χ3v) is 3.37. The van der Waals surface area contributed by atoms with Crippen LogP contribution in [0.2, 0.25) is 0 Å². The summed E-state index contributed by atoms with van der Waals surface area (Å²) in [5, 5.41) is 2.69. The zero-order chi connectivity index (χ0) is 15.9. The Hall–Kier alpha value is -1.99. The van der Waals surface area contributed by atoms with Crippen LogP contribution in [0.4, 0.5) is 10.1 Å². The first kappa shape index (κ1) is 16.4. The zero-order valence-corrected chi connectivity index (χ0v) is 13.4. The molecule has 22 heavy (non-hydrogen) atoms. The molecule has 0 aliphatic carbocycles. The molecule has 1 amide bonds. The van der Waals surface area contributed by atoms with Crippen LogP contribution in [0.15, 0.2) is 41.0 Å². The van der Waals surface area contributed by atoms with Crippen LogP contribution >= 0.6 is 15.9 Å². The van der Waals surface area contributed by atoms with Gasteiger partial charge in [-0.15, -0.1) is 0 Å². The number of hydrogen-bond donors (Lipinski definition) is 1. The van der Waals surface area contributed by atoms with Gasteiger partial charge in [0, 0.05) is 29.4 Å². The predicted octanol–water partition coefficient (Wildman–Crippen LogP) is 3.26. The van der Waals surface area contributed by atoms with Crippen molar-refractivity contribution in [1.82, 2.24) is 4.98 Å². The number of hydrogen-bond acceptors (Lipinski definition) is 4. The highest BCUT2D eigenvalue weighted by atomic mass is 79.9. The van der Waals surface area contributed by atoms with Gasteiger partial charge in [0.25, 0.3) is 5.91 Å². The van der Waals surface area contributed by atoms with E-state index in [1.54, 1.807) is 13.2 Å². The van der Waals surface area contributed by atoms with E-state index >= 15 is 0 Å². The van der Waals surface area contributed by atoms with Crippen molar-refractivity contribution in [1.29, 1.82) is 0 Å². The van der Waals surface area contributed by atoms with E-state index in [4.69, 9.17) is 9.47 Å². The largest absolute Gasteiger partial charge is 0.475 e. The summed E-state index contributed by atoms with van der Waals surface area (Å²) in [5.74, 6) is -0.392. The Kier molecular flexibility index (Phi) is 5.85. The van der Waals surface area contributed by atoms with Gasteiger partial charge in [-0.25, -0.2) is 9.37 Å². The molecule has 7 heteroatoms. The zero-order valence-electron chi connectivity index (χ0n) is 11.8. The van der Waals surface area contributed by atoms with Gasteiger partial charge in [-0.3, -0.25) is 4.79 Å². The summed E-state index contributed by atoms with van der Waals surface area (Å²) in [6.45, 7) is 0.777. The number of halogens is 2. The summed E-state index contributed by atoms with van der Waals surface area (Å²) >= 11 is 3.20. The van der Waals surface area contributed by atoms with Crippen molar-refractivity contribution in [2.45, 2.75) is 0 Å². The Morgan fingerprint density at radius 3 is 2.86 bits per heavy atom. The molecule has 0 saturated carbocycles. The number of carbonyl (C=O) groups is 1. The molecule has 0 radical (unpaired) electrons. The van der Waals surface area contributed by atoms with Crippen molar-refractivity contribution in [2.24, 2.45) is 0 Å². The van der Waals surface area contributed by atoms with Gasteiger partial charge in [-0.05, 0) is 40.2 Å². The van der Waals surface area contributed by atoms with Gasteiger partial charge in [0.05, 0.1) is 12.3 Å². The molecule has 0 bridgehead atoms. The number of benzene rings is 1. The smallest absolute Gasteiger partial charge is 0.255 e. The molecule has 0 aliphatic heterocycles. The molecule has 0 saturated heterocycles. The van der Waals surface area contributed by atoms with E-state index in [9.17, 15) is 9.18 Å². The van der Waals surface area contributed by atoms with E-state index in [-0.39, 0.29) is 11.7 Å². The van der Waals surface area contributed by atoms with Crippen molar-refractivity contribution in [3.63, 3.8) is 0 Å². The first-order valence-electron chi connectivity index (χ1n) is 6.44. The van der Waals surface area contributed by atoms with E-state index in [1.807, 2.05) is 0 Å². The molecule has 1 aromatic carbocycles. The molecule has 2 aromatic rings. The number of rotatable bonds is 6. The van der Waals surface area contributed by atoms with Crippen molar-refractivity contribution < 1.29 is 18.7 Å². The molecule has 1 N–H and O–H groups in total. The number of aromatic nitrogens is 1. The van der Waals surface area contributed by atoms with Crippen LogP contribution in [0.3, 0.4) is 0 Å². The van der Waals surface area contributed by atoms with E-state index < -0.39 is 0 Å². The fourth-order valence-corrected chi connectivity index (χ4v) is 2.09. The summed E-state index contributed by atoms with van der Waals surface area (Å²) in [5.41, 5.74) is 0.865. The van der Waals surface area contributed by atoms with Gasteiger partial charge in [0.1, 0.15) is 12.4 Å². The van der Waals surface area contributed by atoms with Crippen LogP contribution in [0.1, 0.15) is 10.4 Å². The number of amides is 1. The Labute approximate surface area is 135 Å². The summed E-state index contributed by atoms with van der Waals surface area (Å²) in [7, 11) is 1.57. The van der Waals surface area contributed by atoms with Crippen molar-refractivity contribution in [3.8, 4) is 5.88 Å². The minimum Gasteiger partial charge on any atom is -0.475 e. The van der Waals surface area contributed by atoms with E-state index in [0.717, 1.165) is 0 Å². The molecule has 1 heterocycles. The summed E-state index contributed by atoms with van der Waals surface area (Å²) in [6, 6.07) is 7.13. The molecule has 1 aromatic heterocycles. The van der Waals surface area contributed by atoms with Crippen LogP contribution < -0.4 is 10.1 Å². The third kappa shape index (κ3) is 4.51. The van der Waals surface area contributed by atoms with Crippen molar-refractivity contribution >= 4 is 27.5 Å². The number of ether oxygens (including phenoxy) is 2. The summed E-state index contributed by atoms with van der Waals surface area (Å²) in [6.07, 6.45) is 1.48. The Bertz CT molecular complexity index is 667. The van der Waals surface area contributed by atoms with E-state index in [0.29, 0.717) is 34.8 Å². The van der Waals surface area contributed by atoms with Gasteiger partial charge < -0.3 is 14.8 Å². The number of nitrogens with one attached hydrogen (secondary N) is 1. The van der Waals surface area contributed by atoms with Gasteiger partial charge >= 0.3 is 0 Å². The van der Waals surface area contributed by atoms with Crippen molar-refractivity contribution in [2.75, 3.05) is 25.6 Å².